The molecule has 0 saturated heterocycles. The molecule has 2 rings (SSSR count). The van der Waals surface area contributed by atoms with Gasteiger partial charge in [0.25, 0.3) is 0 Å². The third-order valence-electron chi connectivity index (χ3n) is 3.25. The van der Waals surface area contributed by atoms with Crippen LogP contribution in [0.5, 0.6) is 0 Å². The van der Waals surface area contributed by atoms with E-state index in [1.54, 1.807) is 12.1 Å². The maximum absolute atomic E-state index is 14.0. The summed E-state index contributed by atoms with van der Waals surface area (Å²) >= 11 is 6.09. The monoisotopic (exact) mass is 296 g/mol. The van der Waals surface area contributed by atoms with E-state index < -0.39 is 6.04 Å². The molecule has 2 aromatic rings. The third kappa shape index (κ3) is 3.00. The van der Waals surface area contributed by atoms with Crippen LogP contribution in [0.15, 0.2) is 24.3 Å². The number of benzene rings is 1. The summed E-state index contributed by atoms with van der Waals surface area (Å²) < 4.78 is 15.9. The third-order valence-corrected chi connectivity index (χ3v) is 3.58. The summed E-state index contributed by atoms with van der Waals surface area (Å²) in [6, 6.07) is 6.20. The quantitative estimate of drug-likeness (QED) is 0.659. The number of rotatable bonds is 5. The molecule has 0 aliphatic rings. The first-order chi connectivity index (χ1) is 9.56. The molecule has 20 heavy (non-hydrogen) atoms. The Bertz CT molecular complexity index is 577. The molecule has 1 aromatic heterocycles. The van der Waals surface area contributed by atoms with Crippen LogP contribution in [0.1, 0.15) is 29.9 Å². The van der Waals surface area contributed by atoms with Gasteiger partial charge in [-0.3, -0.25) is 16.0 Å². The number of hydrogen-bond donors (Lipinski definition) is 2. The molecule has 1 heterocycles. The van der Waals surface area contributed by atoms with E-state index in [2.05, 4.69) is 10.5 Å². The summed E-state index contributed by atoms with van der Waals surface area (Å²) in [6.07, 6.45) is 0.520. The van der Waals surface area contributed by atoms with Crippen molar-refractivity contribution in [1.82, 2.24) is 15.2 Å². The molecule has 108 valence electrons. The van der Waals surface area contributed by atoms with Crippen molar-refractivity contribution in [3.8, 4) is 0 Å². The van der Waals surface area contributed by atoms with E-state index in [1.807, 2.05) is 24.6 Å². The molecule has 0 aliphatic carbocycles. The minimum Gasteiger partial charge on any atom is -0.271 e. The summed E-state index contributed by atoms with van der Waals surface area (Å²) in [5, 5.41) is 4.74. The molecule has 1 aromatic carbocycles. The molecule has 0 radical (unpaired) electrons. The first-order valence-corrected chi connectivity index (χ1v) is 6.88. The van der Waals surface area contributed by atoms with E-state index >= 15 is 0 Å². The van der Waals surface area contributed by atoms with Crippen molar-refractivity contribution in [2.24, 2.45) is 5.84 Å². The largest absolute Gasteiger partial charge is 0.271 e. The Hall–Kier alpha value is -1.43. The maximum atomic E-state index is 14.0. The molecule has 1 atom stereocenters. The minimum atomic E-state index is -0.398. The Morgan fingerprint density at radius 1 is 1.50 bits per heavy atom. The van der Waals surface area contributed by atoms with Crippen LogP contribution in [-0.2, 0) is 13.0 Å². The van der Waals surface area contributed by atoms with Gasteiger partial charge in [-0.1, -0.05) is 17.7 Å². The van der Waals surface area contributed by atoms with Crippen molar-refractivity contribution in [1.29, 1.82) is 0 Å². The predicted octanol–water partition coefficient (Wildman–Crippen LogP) is 2.75. The van der Waals surface area contributed by atoms with Crippen LogP contribution < -0.4 is 11.3 Å². The lowest BCUT2D eigenvalue weighted by Gasteiger charge is -2.18. The second-order valence-electron chi connectivity index (χ2n) is 4.65. The fourth-order valence-corrected chi connectivity index (χ4v) is 2.63. The zero-order valence-corrected chi connectivity index (χ0v) is 12.3. The lowest BCUT2D eigenvalue weighted by Crippen LogP contribution is -2.31. The van der Waals surface area contributed by atoms with Gasteiger partial charge < -0.3 is 0 Å². The number of aromatic nitrogens is 2. The van der Waals surface area contributed by atoms with Crippen molar-refractivity contribution in [3.05, 3.63) is 52.1 Å². The van der Waals surface area contributed by atoms with Crippen LogP contribution in [0.4, 0.5) is 4.39 Å². The van der Waals surface area contributed by atoms with Gasteiger partial charge in [0, 0.05) is 29.2 Å². The summed E-state index contributed by atoms with van der Waals surface area (Å²) in [4.78, 5) is 0. The van der Waals surface area contributed by atoms with Crippen LogP contribution in [0.25, 0.3) is 0 Å². The zero-order chi connectivity index (χ0) is 14.7. The molecule has 3 N–H and O–H groups in total. The van der Waals surface area contributed by atoms with Crippen molar-refractivity contribution >= 4 is 11.6 Å². The molecule has 0 amide bonds. The normalized spacial score (nSPS) is 12.7. The molecule has 1 unspecified atom stereocenters. The summed E-state index contributed by atoms with van der Waals surface area (Å²) in [5.41, 5.74) is 4.95. The van der Waals surface area contributed by atoms with Gasteiger partial charge in [-0.05, 0) is 32.0 Å². The van der Waals surface area contributed by atoms with Crippen molar-refractivity contribution in [2.45, 2.75) is 32.9 Å². The molecular weight excluding hydrogens is 279 g/mol. The highest BCUT2D eigenvalue weighted by molar-refractivity contribution is 6.31. The number of hydrogen-bond acceptors (Lipinski definition) is 3. The van der Waals surface area contributed by atoms with Gasteiger partial charge in [0.1, 0.15) is 5.82 Å². The predicted molar refractivity (Wildman–Crippen MR) is 77.8 cm³/mol. The van der Waals surface area contributed by atoms with Gasteiger partial charge in [-0.15, -0.1) is 0 Å². The zero-order valence-electron chi connectivity index (χ0n) is 11.5. The van der Waals surface area contributed by atoms with Crippen molar-refractivity contribution < 1.29 is 4.39 Å². The molecule has 0 saturated carbocycles. The molecule has 0 spiro atoms. The first kappa shape index (κ1) is 15.0. The lowest BCUT2D eigenvalue weighted by atomic mass is 10.0. The SMILES string of the molecule is CCn1nc(C)cc1CC(NN)c1c(F)cccc1Cl. The smallest absolute Gasteiger partial charge is 0.129 e. The minimum absolute atomic E-state index is 0.361. The van der Waals surface area contributed by atoms with Crippen LogP contribution >= 0.6 is 11.6 Å². The topological polar surface area (TPSA) is 55.9 Å². The highest BCUT2D eigenvalue weighted by atomic mass is 35.5. The van der Waals surface area contributed by atoms with E-state index in [0.29, 0.717) is 17.0 Å². The Morgan fingerprint density at radius 2 is 2.25 bits per heavy atom. The number of nitrogens with two attached hydrogens (primary N) is 1. The van der Waals surface area contributed by atoms with Crippen molar-refractivity contribution in [3.63, 3.8) is 0 Å². The molecule has 0 fully saturated rings. The van der Waals surface area contributed by atoms with Crippen LogP contribution in [-0.4, -0.2) is 9.78 Å². The molecule has 6 heteroatoms. The molecule has 0 aliphatic heterocycles. The second kappa shape index (κ2) is 6.35. The Morgan fingerprint density at radius 3 is 2.85 bits per heavy atom. The fraction of sp³-hybridized carbons (Fsp3) is 0.357. The number of nitrogens with one attached hydrogen (secondary N) is 1. The van der Waals surface area contributed by atoms with E-state index in [0.717, 1.165) is 17.9 Å². The maximum Gasteiger partial charge on any atom is 0.129 e. The summed E-state index contributed by atoms with van der Waals surface area (Å²) in [7, 11) is 0. The molecule has 0 bridgehead atoms. The van der Waals surface area contributed by atoms with Gasteiger partial charge in [0.05, 0.1) is 11.7 Å². The summed E-state index contributed by atoms with van der Waals surface area (Å²) in [5.74, 6) is 5.22. The number of aryl methyl sites for hydroxylation is 2. The molecule has 4 nitrogen and oxygen atoms in total. The number of hydrazine groups is 1. The standard InChI is InChI=1S/C14H18ClFN4/c1-3-20-10(7-9(2)19-20)8-13(18-17)14-11(15)5-4-6-12(14)16/h4-7,13,18H,3,8,17H2,1-2H3. The van der Waals surface area contributed by atoms with E-state index in [9.17, 15) is 4.39 Å². The molecular formula is C14H18ClFN4. The first-order valence-electron chi connectivity index (χ1n) is 6.50. The number of nitrogens with zero attached hydrogens (tertiary/aromatic N) is 2. The van der Waals surface area contributed by atoms with E-state index in [1.165, 1.54) is 6.07 Å². The van der Waals surface area contributed by atoms with Crippen LogP contribution in [0.3, 0.4) is 0 Å². The average molecular weight is 297 g/mol. The Balaban J connectivity index is 2.33. The Labute approximate surface area is 122 Å². The second-order valence-corrected chi connectivity index (χ2v) is 5.06. The van der Waals surface area contributed by atoms with Crippen molar-refractivity contribution in [2.75, 3.05) is 0 Å². The van der Waals surface area contributed by atoms with Gasteiger partial charge >= 0.3 is 0 Å². The van der Waals surface area contributed by atoms with Gasteiger partial charge in [-0.2, -0.15) is 5.10 Å². The highest BCUT2D eigenvalue weighted by Crippen LogP contribution is 2.28. The highest BCUT2D eigenvalue weighted by Gasteiger charge is 2.20. The lowest BCUT2D eigenvalue weighted by molar-refractivity contribution is 0.490. The van der Waals surface area contributed by atoms with Crippen LogP contribution in [0.2, 0.25) is 5.02 Å². The van der Waals surface area contributed by atoms with E-state index in [-0.39, 0.29) is 5.82 Å². The van der Waals surface area contributed by atoms with Gasteiger partial charge in [0.2, 0.25) is 0 Å². The average Bonchev–Trinajstić information content (AvgIpc) is 2.77. The van der Waals surface area contributed by atoms with Gasteiger partial charge in [-0.25, -0.2) is 4.39 Å². The Kier molecular flexibility index (Phi) is 4.75. The summed E-state index contributed by atoms with van der Waals surface area (Å²) in [6.45, 7) is 4.69. The van der Waals surface area contributed by atoms with Crippen LogP contribution in [0, 0.1) is 12.7 Å². The van der Waals surface area contributed by atoms with Gasteiger partial charge in [0.15, 0.2) is 0 Å². The van der Waals surface area contributed by atoms with E-state index in [4.69, 9.17) is 17.4 Å². The fourth-order valence-electron chi connectivity index (χ4n) is 2.33. The number of halogens is 2.